The maximum absolute atomic E-state index is 16.3. The van der Waals surface area contributed by atoms with Gasteiger partial charge in [0.25, 0.3) is 5.91 Å². The molecule has 0 bridgehead atoms. The second kappa shape index (κ2) is 9.29. The molecule has 2 unspecified atom stereocenters. The Morgan fingerprint density at radius 1 is 1.18 bits per heavy atom. The van der Waals surface area contributed by atoms with Crippen LogP contribution in [-0.4, -0.2) is 36.8 Å². The van der Waals surface area contributed by atoms with Crippen molar-refractivity contribution in [1.29, 1.82) is 0 Å². The predicted octanol–water partition coefficient (Wildman–Crippen LogP) is 5.15. The lowest BCUT2D eigenvalue weighted by Gasteiger charge is -2.35. The van der Waals surface area contributed by atoms with Gasteiger partial charge in [-0.05, 0) is 42.1 Å². The van der Waals surface area contributed by atoms with E-state index >= 15 is 8.78 Å². The molecule has 38 heavy (non-hydrogen) atoms. The summed E-state index contributed by atoms with van der Waals surface area (Å²) < 4.78 is 52.9. The SMILES string of the molecule is CNC(=O)c1cc2c(c(F)c1-c1c(Cl)c(F)cc3c1C[C@](c1ccccc1)([C@@H]1CCCN1)O3)CC(O)C2F. The summed E-state index contributed by atoms with van der Waals surface area (Å²) in [4.78, 5) is 13.0. The molecule has 0 aromatic heterocycles. The van der Waals surface area contributed by atoms with Gasteiger partial charge < -0.3 is 20.5 Å². The first kappa shape index (κ1) is 25.2. The molecule has 0 spiro atoms. The fraction of sp³-hybridized carbons (Fsp3) is 0.345. The average Bonchev–Trinajstić information content (AvgIpc) is 3.65. The number of benzene rings is 3. The quantitative estimate of drug-likeness (QED) is 0.426. The fourth-order valence-electron chi connectivity index (χ4n) is 6.26. The number of hydrogen-bond acceptors (Lipinski definition) is 4. The molecule has 0 radical (unpaired) electrons. The summed E-state index contributed by atoms with van der Waals surface area (Å²) in [5, 5.41) is 15.7. The third-order valence-electron chi connectivity index (χ3n) is 8.08. The van der Waals surface area contributed by atoms with Crippen LogP contribution in [0.3, 0.4) is 0 Å². The highest BCUT2D eigenvalue weighted by atomic mass is 35.5. The Hall–Kier alpha value is -3.07. The van der Waals surface area contributed by atoms with E-state index in [-0.39, 0.29) is 57.5 Å². The van der Waals surface area contributed by atoms with E-state index in [4.69, 9.17) is 16.3 Å². The van der Waals surface area contributed by atoms with E-state index < -0.39 is 35.4 Å². The molecule has 0 saturated carbocycles. The Morgan fingerprint density at radius 2 is 1.95 bits per heavy atom. The van der Waals surface area contributed by atoms with Crippen molar-refractivity contribution in [3.8, 4) is 16.9 Å². The highest BCUT2D eigenvalue weighted by molar-refractivity contribution is 6.34. The first-order valence-electron chi connectivity index (χ1n) is 12.7. The van der Waals surface area contributed by atoms with Gasteiger partial charge in [0.1, 0.15) is 17.4 Å². The molecule has 1 aliphatic carbocycles. The molecule has 3 aliphatic rings. The van der Waals surface area contributed by atoms with Gasteiger partial charge in [-0.3, -0.25) is 4.79 Å². The van der Waals surface area contributed by atoms with Gasteiger partial charge in [0, 0.05) is 42.6 Å². The lowest BCUT2D eigenvalue weighted by atomic mass is 9.80. The van der Waals surface area contributed by atoms with Gasteiger partial charge >= 0.3 is 0 Å². The summed E-state index contributed by atoms with van der Waals surface area (Å²) in [6, 6.07) is 11.9. The van der Waals surface area contributed by atoms with Gasteiger partial charge in [-0.1, -0.05) is 41.9 Å². The van der Waals surface area contributed by atoms with E-state index in [9.17, 15) is 14.3 Å². The standard InChI is InChI=1S/C29H26ClF3N2O3/c1-34-28(37)17-10-15-16(11-20(36)26(15)32)27(33)24(17)23-18-13-29(22-8-5-9-35-22,14-6-3-2-4-7-14)38-21(18)12-19(31)25(23)30/h2-4,6-7,10,12,20,22,26,35-36H,5,8-9,11,13H2,1H3,(H,34,37)/t20?,22-,26?,29-/m0/s1. The topological polar surface area (TPSA) is 70.6 Å². The zero-order valence-corrected chi connectivity index (χ0v) is 21.3. The van der Waals surface area contributed by atoms with Crippen LogP contribution < -0.4 is 15.4 Å². The third-order valence-corrected chi connectivity index (χ3v) is 8.44. The Balaban J connectivity index is 1.61. The van der Waals surface area contributed by atoms with E-state index in [1.54, 1.807) is 0 Å². The maximum Gasteiger partial charge on any atom is 0.251 e. The third kappa shape index (κ3) is 3.65. The van der Waals surface area contributed by atoms with Crippen LogP contribution >= 0.6 is 11.6 Å². The largest absolute Gasteiger partial charge is 0.480 e. The minimum absolute atomic E-state index is 0.00756. The molecule has 4 atom stereocenters. The van der Waals surface area contributed by atoms with Crippen LogP contribution in [0.2, 0.25) is 5.02 Å². The number of halogens is 4. The van der Waals surface area contributed by atoms with Crippen LogP contribution in [0.25, 0.3) is 11.1 Å². The normalized spacial score (nSPS) is 25.7. The second-order valence-electron chi connectivity index (χ2n) is 10.1. The van der Waals surface area contributed by atoms with Crippen molar-refractivity contribution in [2.45, 2.75) is 49.6 Å². The Bertz CT molecular complexity index is 1450. The molecule has 5 nitrogen and oxygen atoms in total. The molecule has 3 N–H and O–H groups in total. The zero-order valence-electron chi connectivity index (χ0n) is 20.6. The van der Waals surface area contributed by atoms with E-state index in [1.165, 1.54) is 19.2 Å². The fourth-order valence-corrected chi connectivity index (χ4v) is 6.53. The molecular formula is C29H26ClF3N2O3. The highest BCUT2D eigenvalue weighted by Gasteiger charge is 2.50. The van der Waals surface area contributed by atoms with Crippen molar-refractivity contribution in [2.24, 2.45) is 0 Å². The lowest BCUT2D eigenvalue weighted by molar-refractivity contribution is 0.0539. The number of fused-ring (bicyclic) bond motifs is 2. The monoisotopic (exact) mass is 542 g/mol. The predicted molar refractivity (Wildman–Crippen MR) is 137 cm³/mol. The summed E-state index contributed by atoms with van der Waals surface area (Å²) in [6.45, 7) is 0.800. The molecule has 3 aromatic carbocycles. The van der Waals surface area contributed by atoms with Gasteiger partial charge in [0.05, 0.1) is 22.7 Å². The number of carbonyl (C=O) groups excluding carboxylic acids is 1. The van der Waals surface area contributed by atoms with Crippen LogP contribution in [0.15, 0.2) is 42.5 Å². The van der Waals surface area contributed by atoms with E-state index in [0.717, 1.165) is 24.9 Å². The van der Waals surface area contributed by atoms with Crippen LogP contribution in [0.1, 0.15) is 51.6 Å². The van der Waals surface area contributed by atoms with Crippen molar-refractivity contribution in [3.63, 3.8) is 0 Å². The number of amides is 1. The Morgan fingerprint density at radius 3 is 2.63 bits per heavy atom. The summed E-state index contributed by atoms with van der Waals surface area (Å²) in [5.74, 6) is -2.19. The van der Waals surface area contributed by atoms with Crippen molar-refractivity contribution >= 4 is 17.5 Å². The number of aliphatic hydroxyl groups is 1. The summed E-state index contributed by atoms with van der Waals surface area (Å²) in [6.07, 6.45) is -1.54. The van der Waals surface area contributed by atoms with Crippen LogP contribution in [0.4, 0.5) is 13.2 Å². The smallest absolute Gasteiger partial charge is 0.251 e. The molecule has 2 heterocycles. The number of hydrogen-bond donors (Lipinski definition) is 3. The Kier molecular flexibility index (Phi) is 6.17. The van der Waals surface area contributed by atoms with Crippen LogP contribution in [0, 0.1) is 11.6 Å². The average molecular weight is 543 g/mol. The number of ether oxygens (including phenoxy) is 1. The summed E-state index contributed by atoms with van der Waals surface area (Å²) in [7, 11) is 1.37. The van der Waals surface area contributed by atoms with Gasteiger partial charge in [-0.15, -0.1) is 0 Å². The van der Waals surface area contributed by atoms with Gasteiger partial charge in [0.2, 0.25) is 0 Å². The Labute approximate surface area is 223 Å². The first-order chi connectivity index (χ1) is 18.3. The highest BCUT2D eigenvalue weighted by Crippen LogP contribution is 2.53. The molecule has 1 saturated heterocycles. The van der Waals surface area contributed by atoms with E-state index in [1.807, 2.05) is 30.3 Å². The molecule has 198 valence electrons. The van der Waals surface area contributed by atoms with Crippen molar-refractivity contribution in [3.05, 3.63) is 86.9 Å². The van der Waals surface area contributed by atoms with Crippen molar-refractivity contribution < 1.29 is 27.8 Å². The van der Waals surface area contributed by atoms with Gasteiger partial charge in [-0.25, -0.2) is 13.2 Å². The van der Waals surface area contributed by atoms with E-state index in [2.05, 4.69) is 10.6 Å². The molecule has 9 heteroatoms. The van der Waals surface area contributed by atoms with E-state index in [0.29, 0.717) is 5.56 Å². The first-order valence-corrected chi connectivity index (χ1v) is 13.0. The number of nitrogens with one attached hydrogen (secondary N) is 2. The minimum atomic E-state index is -1.84. The molecular weight excluding hydrogens is 517 g/mol. The number of alkyl halides is 1. The van der Waals surface area contributed by atoms with Crippen molar-refractivity contribution in [2.75, 3.05) is 13.6 Å². The molecule has 6 rings (SSSR count). The summed E-state index contributed by atoms with van der Waals surface area (Å²) >= 11 is 6.54. The number of aliphatic hydroxyl groups excluding tert-OH is 1. The van der Waals surface area contributed by atoms with Crippen LogP contribution in [-0.2, 0) is 18.4 Å². The summed E-state index contributed by atoms with van der Waals surface area (Å²) in [5.41, 5.74) is -0.113. The molecule has 1 amide bonds. The van der Waals surface area contributed by atoms with Gasteiger partial charge in [0.15, 0.2) is 11.8 Å². The second-order valence-corrected chi connectivity index (χ2v) is 10.5. The number of carbonyl (C=O) groups is 1. The maximum atomic E-state index is 16.3. The van der Waals surface area contributed by atoms with Crippen molar-refractivity contribution in [1.82, 2.24) is 10.6 Å². The minimum Gasteiger partial charge on any atom is -0.480 e. The molecule has 2 aliphatic heterocycles. The lowest BCUT2D eigenvalue weighted by Crippen LogP contribution is -2.48. The van der Waals surface area contributed by atoms with Crippen LogP contribution in [0.5, 0.6) is 5.75 Å². The number of rotatable bonds is 4. The molecule has 1 fully saturated rings. The zero-order chi connectivity index (χ0) is 26.8. The van der Waals surface area contributed by atoms with Gasteiger partial charge in [-0.2, -0.15) is 0 Å². The molecule has 3 aromatic rings.